The monoisotopic (exact) mass is 216 g/mol. The SMILES string of the molecule is CC1CC(N2CCS(=O)CC2)CCN1. The van der Waals surface area contributed by atoms with E-state index < -0.39 is 10.8 Å². The predicted molar refractivity (Wildman–Crippen MR) is 59.9 cm³/mol. The van der Waals surface area contributed by atoms with Gasteiger partial charge in [-0.15, -0.1) is 0 Å². The topological polar surface area (TPSA) is 32.3 Å². The van der Waals surface area contributed by atoms with Gasteiger partial charge in [-0.1, -0.05) is 0 Å². The van der Waals surface area contributed by atoms with Crippen molar-refractivity contribution in [2.45, 2.75) is 31.8 Å². The molecular weight excluding hydrogens is 196 g/mol. The van der Waals surface area contributed by atoms with Gasteiger partial charge in [-0.05, 0) is 26.3 Å². The minimum Gasteiger partial charge on any atom is -0.314 e. The molecule has 0 saturated carbocycles. The summed E-state index contributed by atoms with van der Waals surface area (Å²) in [5.41, 5.74) is 0. The van der Waals surface area contributed by atoms with Crippen LogP contribution < -0.4 is 5.32 Å². The van der Waals surface area contributed by atoms with Gasteiger partial charge in [0.1, 0.15) is 0 Å². The van der Waals surface area contributed by atoms with Crippen molar-refractivity contribution < 1.29 is 4.21 Å². The zero-order valence-corrected chi connectivity index (χ0v) is 9.68. The van der Waals surface area contributed by atoms with Crippen molar-refractivity contribution in [3.8, 4) is 0 Å². The van der Waals surface area contributed by atoms with E-state index in [0.29, 0.717) is 6.04 Å². The first-order valence-corrected chi connectivity index (χ1v) is 7.07. The minimum absolute atomic E-state index is 0.531. The highest BCUT2D eigenvalue weighted by Crippen LogP contribution is 2.17. The Morgan fingerprint density at radius 3 is 2.71 bits per heavy atom. The van der Waals surface area contributed by atoms with Crippen LogP contribution >= 0.6 is 0 Å². The van der Waals surface area contributed by atoms with Gasteiger partial charge in [0, 0.05) is 47.5 Å². The first-order valence-electron chi connectivity index (χ1n) is 5.58. The molecule has 14 heavy (non-hydrogen) atoms. The Balaban J connectivity index is 1.85. The van der Waals surface area contributed by atoms with Crippen LogP contribution in [0.4, 0.5) is 0 Å². The molecule has 0 radical (unpaired) electrons. The Labute approximate surface area is 88.7 Å². The zero-order valence-electron chi connectivity index (χ0n) is 8.87. The second-order valence-corrected chi connectivity index (χ2v) is 6.11. The predicted octanol–water partition coefficient (Wildman–Crippen LogP) is 0.191. The molecule has 0 aromatic rings. The van der Waals surface area contributed by atoms with Crippen LogP contribution in [0.3, 0.4) is 0 Å². The summed E-state index contributed by atoms with van der Waals surface area (Å²) in [5.74, 6) is 1.77. The molecule has 2 saturated heterocycles. The van der Waals surface area contributed by atoms with E-state index in [1.807, 2.05) is 0 Å². The van der Waals surface area contributed by atoms with Crippen molar-refractivity contribution in [1.82, 2.24) is 10.2 Å². The molecule has 0 spiro atoms. The smallest absolute Gasteiger partial charge is 0.0363 e. The lowest BCUT2D eigenvalue weighted by molar-refractivity contribution is 0.159. The first kappa shape index (κ1) is 10.6. The fourth-order valence-corrected chi connectivity index (χ4v) is 3.53. The van der Waals surface area contributed by atoms with Gasteiger partial charge in [-0.3, -0.25) is 9.11 Å². The van der Waals surface area contributed by atoms with Crippen molar-refractivity contribution >= 4 is 10.8 Å². The lowest BCUT2D eigenvalue weighted by atomic mass is 9.99. The molecule has 3 nitrogen and oxygen atoms in total. The van der Waals surface area contributed by atoms with E-state index in [-0.39, 0.29) is 0 Å². The van der Waals surface area contributed by atoms with Crippen molar-refractivity contribution in [2.75, 3.05) is 31.1 Å². The molecule has 82 valence electrons. The molecule has 2 atom stereocenters. The van der Waals surface area contributed by atoms with Crippen LogP contribution in [-0.2, 0) is 10.8 Å². The molecule has 2 rings (SSSR count). The third-order valence-corrected chi connectivity index (χ3v) is 4.60. The average molecular weight is 216 g/mol. The van der Waals surface area contributed by atoms with Gasteiger partial charge < -0.3 is 5.32 Å². The lowest BCUT2D eigenvalue weighted by Gasteiger charge is -2.38. The standard InChI is InChI=1S/C10H20N2OS/c1-9-8-10(2-3-11-9)12-4-6-14(13)7-5-12/h9-11H,2-8H2,1H3. The Hall–Kier alpha value is 0.0700. The molecule has 2 heterocycles. The first-order chi connectivity index (χ1) is 6.75. The van der Waals surface area contributed by atoms with E-state index >= 15 is 0 Å². The second kappa shape index (κ2) is 4.73. The number of nitrogens with zero attached hydrogens (tertiary/aromatic N) is 1. The Bertz CT molecular complexity index is 212. The molecule has 0 aliphatic carbocycles. The molecule has 0 amide bonds. The van der Waals surface area contributed by atoms with Crippen LogP contribution in [0, 0.1) is 0 Å². The summed E-state index contributed by atoms with van der Waals surface area (Å²) < 4.78 is 11.2. The van der Waals surface area contributed by atoms with Gasteiger partial charge in [0.05, 0.1) is 0 Å². The third-order valence-electron chi connectivity index (χ3n) is 3.32. The summed E-state index contributed by atoms with van der Waals surface area (Å²) in [6.07, 6.45) is 2.52. The quantitative estimate of drug-likeness (QED) is 0.679. The molecule has 4 heteroatoms. The van der Waals surface area contributed by atoms with Gasteiger partial charge in [0.15, 0.2) is 0 Å². The summed E-state index contributed by atoms with van der Waals surface area (Å²) in [7, 11) is -0.531. The van der Waals surface area contributed by atoms with E-state index in [4.69, 9.17) is 0 Å². The largest absolute Gasteiger partial charge is 0.314 e. The van der Waals surface area contributed by atoms with E-state index in [1.54, 1.807) is 0 Å². The maximum atomic E-state index is 11.2. The van der Waals surface area contributed by atoms with Gasteiger partial charge in [0.2, 0.25) is 0 Å². The summed E-state index contributed by atoms with van der Waals surface area (Å²) in [4.78, 5) is 2.54. The molecular formula is C10H20N2OS. The van der Waals surface area contributed by atoms with Crippen LogP contribution in [0.5, 0.6) is 0 Å². The number of piperidine rings is 1. The molecule has 2 fully saturated rings. The van der Waals surface area contributed by atoms with Crippen LogP contribution in [0.25, 0.3) is 0 Å². The van der Waals surface area contributed by atoms with Crippen LogP contribution in [0.2, 0.25) is 0 Å². The highest BCUT2D eigenvalue weighted by atomic mass is 32.2. The van der Waals surface area contributed by atoms with Crippen molar-refractivity contribution in [3.63, 3.8) is 0 Å². The van der Waals surface area contributed by atoms with E-state index in [9.17, 15) is 4.21 Å². The zero-order chi connectivity index (χ0) is 9.97. The molecule has 2 unspecified atom stereocenters. The van der Waals surface area contributed by atoms with Crippen LogP contribution in [0.15, 0.2) is 0 Å². The highest BCUT2D eigenvalue weighted by Gasteiger charge is 2.26. The van der Waals surface area contributed by atoms with Gasteiger partial charge >= 0.3 is 0 Å². The molecule has 2 aliphatic heterocycles. The molecule has 0 bridgehead atoms. The molecule has 0 aromatic carbocycles. The van der Waals surface area contributed by atoms with Crippen molar-refractivity contribution in [2.24, 2.45) is 0 Å². The number of rotatable bonds is 1. The summed E-state index contributed by atoms with van der Waals surface area (Å²) >= 11 is 0. The Kier molecular flexibility index (Phi) is 3.57. The molecule has 2 aliphatic rings. The fourth-order valence-electron chi connectivity index (χ4n) is 2.45. The highest BCUT2D eigenvalue weighted by molar-refractivity contribution is 7.85. The Morgan fingerprint density at radius 2 is 2.07 bits per heavy atom. The summed E-state index contributed by atoms with van der Waals surface area (Å²) in [6.45, 7) is 5.49. The summed E-state index contributed by atoms with van der Waals surface area (Å²) in [5, 5.41) is 3.47. The van der Waals surface area contributed by atoms with Crippen molar-refractivity contribution in [3.05, 3.63) is 0 Å². The lowest BCUT2D eigenvalue weighted by Crippen LogP contribution is -2.50. The summed E-state index contributed by atoms with van der Waals surface area (Å²) in [6, 6.07) is 1.39. The average Bonchev–Trinajstić information content (AvgIpc) is 2.19. The molecule has 1 N–H and O–H groups in total. The van der Waals surface area contributed by atoms with Gasteiger partial charge in [-0.2, -0.15) is 0 Å². The maximum absolute atomic E-state index is 11.2. The van der Waals surface area contributed by atoms with Crippen molar-refractivity contribution in [1.29, 1.82) is 0 Å². The second-order valence-electron chi connectivity index (χ2n) is 4.42. The number of hydrogen-bond donors (Lipinski definition) is 1. The molecule has 0 aromatic heterocycles. The number of hydrogen-bond acceptors (Lipinski definition) is 3. The number of nitrogens with one attached hydrogen (secondary N) is 1. The van der Waals surface area contributed by atoms with Gasteiger partial charge in [0.25, 0.3) is 0 Å². The van der Waals surface area contributed by atoms with Crippen LogP contribution in [-0.4, -0.2) is 52.3 Å². The van der Waals surface area contributed by atoms with E-state index in [1.165, 1.54) is 12.8 Å². The third kappa shape index (κ3) is 2.55. The normalized spacial score (nSPS) is 37.2. The fraction of sp³-hybridized carbons (Fsp3) is 1.00. The minimum atomic E-state index is -0.531. The maximum Gasteiger partial charge on any atom is 0.0363 e. The van der Waals surface area contributed by atoms with E-state index in [0.717, 1.165) is 37.2 Å². The van der Waals surface area contributed by atoms with Gasteiger partial charge in [-0.25, -0.2) is 0 Å². The van der Waals surface area contributed by atoms with Crippen LogP contribution in [0.1, 0.15) is 19.8 Å². The van der Waals surface area contributed by atoms with E-state index in [2.05, 4.69) is 17.1 Å². The Morgan fingerprint density at radius 1 is 1.36 bits per heavy atom.